The predicted molar refractivity (Wildman–Crippen MR) is 86.5 cm³/mol. The largest absolute Gasteiger partial charge is 0.496 e. The van der Waals surface area contributed by atoms with Crippen molar-refractivity contribution < 1.29 is 9.47 Å². The molecule has 0 saturated carbocycles. The molecule has 0 spiro atoms. The number of halogens is 1. The smallest absolute Gasteiger partial charge is 0.137 e. The molecule has 2 rings (SSSR count). The van der Waals surface area contributed by atoms with Crippen LogP contribution in [0.2, 0.25) is 5.02 Å². The highest BCUT2D eigenvalue weighted by molar-refractivity contribution is 6.32. The van der Waals surface area contributed by atoms with Crippen LogP contribution in [0.25, 0.3) is 0 Å². The van der Waals surface area contributed by atoms with Gasteiger partial charge in [0.1, 0.15) is 11.5 Å². The van der Waals surface area contributed by atoms with Crippen LogP contribution in [-0.4, -0.2) is 21.3 Å². The van der Waals surface area contributed by atoms with Crippen molar-refractivity contribution in [2.24, 2.45) is 0 Å². The molecule has 1 unspecified atom stereocenters. The molecule has 1 N–H and O–H groups in total. The molecule has 21 heavy (non-hydrogen) atoms. The minimum absolute atomic E-state index is 0.157. The molecule has 0 fully saturated rings. The molecule has 0 amide bonds. The third-order valence-electron chi connectivity index (χ3n) is 3.54. The minimum atomic E-state index is 0.157. The lowest BCUT2D eigenvalue weighted by Gasteiger charge is -2.19. The molecule has 0 aliphatic heterocycles. The molecular formula is C17H20ClNO2. The number of ether oxygens (including phenoxy) is 2. The van der Waals surface area contributed by atoms with Crippen molar-refractivity contribution in [3.63, 3.8) is 0 Å². The van der Waals surface area contributed by atoms with Crippen molar-refractivity contribution in [3.8, 4) is 11.5 Å². The van der Waals surface area contributed by atoms with Crippen LogP contribution < -0.4 is 14.8 Å². The Labute approximate surface area is 130 Å². The van der Waals surface area contributed by atoms with Gasteiger partial charge in [-0.3, -0.25) is 0 Å². The van der Waals surface area contributed by atoms with E-state index in [9.17, 15) is 0 Å². The number of hydrogen-bond acceptors (Lipinski definition) is 3. The second kappa shape index (κ2) is 7.34. The van der Waals surface area contributed by atoms with Crippen LogP contribution in [0.3, 0.4) is 0 Å². The van der Waals surface area contributed by atoms with E-state index in [0.29, 0.717) is 10.8 Å². The molecule has 3 nitrogen and oxygen atoms in total. The van der Waals surface area contributed by atoms with Crippen LogP contribution in [-0.2, 0) is 6.42 Å². The number of hydrogen-bond donors (Lipinski definition) is 1. The topological polar surface area (TPSA) is 30.5 Å². The van der Waals surface area contributed by atoms with Gasteiger partial charge in [-0.2, -0.15) is 0 Å². The second-order valence-electron chi connectivity index (χ2n) is 4.75. The van der Waals surface area contributed by atoms with Crippen molar-refractivity contribution >= 4 is 11.6 Å². The van der Waals surface area contributed by atoms with E-state index in [1.54, 1.807) is 14.2 Å². The lowest BCUT2D eigenvalue weighted by atomic mass is 9.98. The van der Waals surface area contributed by atoms with Gasteiger partial charge in [0.25, 0.3) is 0 Å². The zero-order valence-electron chi connectivity index (χ0n) is 12.5. The van der Waals surface area contributed by atoms with E-state index in [4.69, 9.17) is 21.1 Å². The van der Waals surface area contributed by atoms with Gasteiger partial charge < -0.3 is 14.8 Å². The highest BCUT2D eigenvalue weighted by Gasteiger charge is 2.14. The van der Waals surface area contributed by atoms with Crippen LogP contribution in [0.1, 0.15) is 17.2 Å². The summed E-state index contributed by atoms with van der Waals surface area (Å²) in [5, 5.41) is 3.95. The second-order valence-corrected chi connectivity index (χ2v) is 5.16. The first-order valence-corrected chi connectivity index (χ1v) is 7.20. The van der Waals surface area contributed by atoms with Crippen molar-refractivity contribution in [3.05, 3.63) is 58.6 Å². The van der Waals surface area contributed by atoms with E-state index >= 15 is 0 Å². The number of benzene rings is 2. The fourth-order valence-corrected chi connectivity index (χ4v) is 2.64. The molecule has 0 aromatic heterocycles. The zero-order chi connectivity index (χ0) is 15.2. The summed E-state index contributed by atoms with van der Waals surface area (Å²) in [7, 11) is 5.25. The first-order valence-electron chi connectivity index (χ1n) is 6.82. The molecule has 0 aliphatic carbocycles. The average molecular weight is 306 g/mol. The molecule has 2 aromatic rings. The van der Waals surface area contributed by atoms with Gasteiger partial charge in [-0.25, -0.2) is 0 Å². The van der Waals surface area contributed by atoms with Crippen molar-refractivity contribution in [1.82, 2.24) is 5.32 Å². The summed E-state index contributed by atoms with van der Waals surface area (Å²) in [6.07, 6.45) is 0.823. The number of para-hydroxylation sites is 1. The van der Waals surface area contributed by atoms with Crippen LogP contribution in [0.4, 0.5) is 0 Å². The van der Waals surface area contributed by atoms with E-state index in [1.807, 2.05) is 43.4 Å². The van der Waals surface area contributed by atoms with E-state index in [-0.39, 0.29) is 6.04 Å². The van der Waals surface area contributed by atoms with Crippen molar-refractivity contribution in [1.29, 1.82) is 0 Å². The Hall–Kier alpha value is -1.71. The molecule has 0 heterocycles. The van der Waals surface area contributed by atoms with Crippen LogP contribution in [0.15, 0.2) is 42.5 Å². The monoisotopic (exact) mass is 305 g/mol. The summed E-state index contributed by atoms with van der Waals surface area (Å²) >= 11 is 6.21. The van der Waals surface area contributed by atoms with Gasteiger partial charge >= 0.3 is 0 Å². The Bertz CT molecular complexity index is 601. The summed E-state index contributed by atoms with van der Waals surface area (Å²) in [4.78, 5) is 0. The molecule has 1 atom stereocenters. The van der Waals surface area contributed by atoms with Gasteiger partial charge in [0.2, 0.25) is 0 Å². The highest BCUT2D eigenvalue weighted by Crippen LogP contribution is 2.30. The summed E-state index contributed by atoms with van der Waals surface area (Å²) in [6, 6.07) is 14.1. The fraction of sp³-hybridized carbons (Fsp3) is 0.294. The molecular weight excluding hydrogens is 286 g/mol. The zero-order valence-corrected chi connectivity index (χ0v) is 13.3. The normalized spacial score (nSPS) is 12.0. The molecule has 4 heteroatoms. The average Bonchev–Trinajstić information content (AvgIpc) is 2.52. The van der Waals surface area contributed by atoms with Gasteiger partial charge in [-0.1, -0.05) is 35.9 Å². The summed E-state index contributed by atoms with van der Waals surface area (Å²) in [5.74, 6) is 1.59. The van der Waals surface area contributed by atoms with E-state index < -0.39 is 0 Å². The van der Waals surface area contributed by atoms with E-state index in [0.717, 1.165) is 23.3 Å². The molecule has 0 aliphatic rings. The van der Waals surface area contributed by atoms with Crippen LogP contribution >= 0.6 is 11.6 Å². The summed E-state index contributed by atoms with van der Waals surface area (Å²) in [6.45, 7) is 0. The Balaban J connectivity index is 2.25. The van der Waals surface area contributed by atoms with Gasteiger partial charge in [-0.05, 0) is 42.8 Å². The van der Waals surface area contributed by atoms with Gasteiger partial charge in [-0.15, -0.1) is 0 Å². The van der Waals surface area contributed by atoms with Crippen LogP contribution in [0.5, 0.6) is 11.5 Å². The van der Waals surface area contributed by atoms with Crippen molar-refractivity contribution in [2.45, 2.75) is 12.5 Å². The molecule has 0 bridgehead atoms. The first-order chi connectivity index (χ1) is 10.2. The van der Waals surface area contributed by atoms with Gasteiger partial charge in [0, 0.05) is 6.04 Å². The summed E-state index contributed by atoms with van der Waals surface area (Å²) in [5.41, 5.74) is 2.28. The molecule has 2 aromatic carbocycles. The standard InChI is InChI=1S/C17H20ClNO2/c1-19-15(11-13-6-4-5-7-16(13)20-2)12-8-9-17(21-3)14(18)10-12/h4-10,15,19H,11H2,1-3H3. The number of nitrogens with one attached hydrogen (secondary N) is 1. The quantitative estimate of drug-likeness (QED) is 0.879. The number of methoxy groups -OCH3 is 2. The van der Waals surface area contributed by atoms with Crippen LogP contribution in [0, 0.1) is 0 Å². The van der Waals surface area contributed by atoms with E-state index in [1.165, 1.54) is 0 Å². The SMILES string of the molecule is CNC(Cc1ccccc1OC)c1ccc(OC)c(Cl)c1. The highest BCUT2D eigenvalue weighted by atomic mass is 35.5. The van der Waals surface area contributed by atoms with E-state index in [2.05, 4.69) is 11.4 Å². The molecule has 112 valence electrons. The van der Waals surface area contributed by atoms with Gasteiger partial charge in [0.05, 0.1) is 19.2 Å². The Morgan fingerprint density at radius 1 is 1.05 bits per heavy atom. The third kappa shape index (κ3) is 3.69. The lowest BCUT2D eigenvalue weighted by Crippen LogP contribution is -2.19. The van der Waals surface area contributed by atoms with Gasteiger partial charge in [0.15, 0.2) is 0 Å². The Kier molecular flexibility index (Phi) is 5.48. The minimum Gasteiger partial charge on any atom is -0.496 e. The fourth-order valence-electron chi connectivity index (χ4n) is 2.38. The van der Waals surface area contributed by atoms with Crippen molar-refractivity contribution in [2.75, 3.05) is 21.3 Å². The maximum atomic E-state index is 6.21. The number of likely N-dealkylation sites (N-methyl/N-ethyl adjacent to an activating group) is 1. The lowest BCUT2D eigenvalue weighted by molar-refractivity contribution is 0.406. The predicted octanol–water partition coefficient (Wildman–Crippen LogP) is 3.86. The molecule has 0 radical (unpaired) electrons. The summed E-state index contributed by atoms with van der Waals surface area (Å²) < 4.78 is 10.6. The maximum absolute atomic E-state index is 6.21. The Morgan fingerprint density at radius 2 is 1.76 bits per heavy atom. The molecule has 0 saturated heterocycles. The first kappa shape index (κ1) is 15.7. The Morgan fingerprint density at radius 3 is 2.38 bits per heavy atom. The number of rotatable bonds is 6. The maximum Gasteiger partial charge on any atom is 0.137 e. The third-order valence-corrected chi connectivity index (χ3v) is 3.84.